The van der Waals surface area contributed by atoms with Gasteiger partial charge < -0.3 is 10.4 Å². The number of carbonyl (C=O) groups excluding carboxylic acids is 1. The molecule has 1 aromatic carbocycles. The Labute approximate surface area is 115 Å². The van der Waals surface area contributed by atoms with Crippen LogP contribution in [0.2, 0.25) is 0 Å². The fourth-order valence-electron chi connectivity index (χ4n) is 1.63. The van der Waals surface area contributed by atoms with Gasteiger partial charge in [-0.2, -0.15) is 0 Å². The highest BCUT2D eigenvalue weighted by Crippen LogP contribution is 2.11. The van der Waals surface area contributed by atoms with Crippen LogP contribution in [0, 0.1) is 5.82 Å². The molecule has 0 aromatic heterocycles. The number of carbonyl (C=O) groups is 2. The first-order valence-corrected chi connectivity index (χ1v) is 7.67. The molecule has 0 aliphatic heterocycles. The van der Waals surface area contributed by atoms with E-state index >= 15 is 0 Å². The van der Waals surface area contributed by atoms with E-state index in [0.717, 1.165) is 24.5 Å². The van der Waals surface area contributed by atoms with Crippen LogP contribution >= 0.6 is 0 Å². The molecular weight excluding hydrogens is 289 g/mol. The van der Waals surface area contributed by atoms with E-state index < -0.39 is 33.6 Å². The van der Waals surface area contributed by atoms with Crippen LogP contribution in [0.4, 0.5) is 4.39 Å². The molecule has 0 saturated carbocycles. The van der Waals surface area contributed by atoms with E-state index in [-0.39, 0.29) is 16.9 Å². The zero-order valence-corrected chi connectivity index (χ0v) is 11.7. The van der Waals surface area contributed by atoms with Crippen molar-refractivity contribution in [3.63, 3.8) is 0 Å². The summed E-state index contributed by atoms with van der Waals surface area (Å²) >= 11 is 0. The summed E-state index contributed by atoms with van der Waals surface area (Å²) in [6.07, 6.45) is 1.03. The van der Waals surface area contributed by atoms with Gasteiger partial charge >= 0.3 is 5.97 Å². The third-order valence-corrected chi connectivity index (χ3v) is 3.50. The third-order valence-electron chi connectivity index (χ3n) is 2.39. The Balaban J connectivity index is 2.85. The van der Waals surface area contributed by atoms with Gasteiger partial charge in [0.05, 0.1) is 16.9 Å². The molecule has 110 valence electrons. The minimum atomic E-state index is -3.27. The van der Waals surface area contributed by atoms with E-state index in [9.17, 15) is 22.4 Å². The normalized spacial score (nSPS) is 12.8. The third kappa shape index (κ3) is 4.61. The minimum absolute atomic E-state index is 0.270. The summed E-state index contributed by atoms with van der Waals surface area (Å²) in [5, 5.41) is 11.0. The molecule has 0 saturated heterocycles. The first-order valence-electron chi connectivity index (χ1n) is 5.61. The zero-order chi connectivity index (χ0) is 15.5. The summed E-state index contributed by atoms with van der Waals surface area (Å²) in [6, 6.07) is 2.19. The molecule has 1 rings (SSSR count). The van der Waals surface area contributed by atoms with Crippen molar-refractivity contribution in [3.05, 3.63) is 35.1 Å². The van der Waals surface area contributed by atoms with Gasteiger partial charge in [0.25, 0.3) is 5.91 Å². The number of hydrogen-bond donors (Lipinski definition) is 2. The number of carboxylic acid groups (broad SMARTS) is 1. The van der Waals surface area contributed by atoms with E-state index in [2.05, 4.69) is 5.32 Å². The fraction of sp³-hybridized carbons (Fsp3) is 0.333. The number of nitrogens with one attached hydrogen (secondary N) is 1. The smallest absolute Gasteiger partial charge is 0.335 e. The highest BCUT2D eigenvalue weighted by molar-refractivity contribution is 7.90. The second-order valence-corrected chi connectivity index (χ2v) is 6.65. The monoisotopic (exact) mass is 303 g/mol. The first kappa shape index (κ1) is 16.1. The number of aromatic carboxylic acids is 1. The van der Waals surface area contributed by atoms with E-state index in [0.29, 0.717) is 0 Å². The SMILES string of the molecule is CC(CS(C)(=O)=O)NC(=O)c1ccc(C(=O)O)cc1F. The van der Waals surface area contributed by atoms with Gasteiger partial charge in [0.15, 0.2) is 0 Å². The number of halogens is 1. The van der Waals surface area contributed by atoms with Crippen LogP contribution in [0.3, 0.4) is 0 Å². The quantitative estimate of drug-likeness (QED) is 0.833. The summed E-state index contributed by atoms with van der Waals surface area (Å²) in [6.45, 7) is 1.47. The number of amides is 1. The lowest BCUT2D eigenvalue weighted by atomic mass is 10.1. The summed E-state index contributed by atoms with van der Waals surface area (Å²) in [4.78, 5) is 22.4. The number of rotatable bonds is 5. The van der Waals surface area contributed by atoms with Gasteiger partial charge in [-0.05, 0) is 25.1 Å². The fourth-order valence-corrected chi connectivity index (χ4v) is 2.62. The van der Waals surface area contributed by atoms with Crippen molar-refractivity contribution in [3.8, 4) is 0 Å². The minimum Gasteiger partial charge on any atom is -0.478 e. The average Bonchev–Trinajstić information content (AvgIpc) is 2.25. The van der Waals surface area contributed by atoms with Gasteiger partial charge in [0.1, 0.15) is 15.7 Å². The second-order valence-electron chi connectivity index (χ2n) is 4.47. The van der Waals surface area contributed by atoms with Crippen molar-refractivity contribution in [2.24, 2.45) is 0 Å². The first-order chi connectivity index (χ1) is 9.10. The number of sulfone groups is 1. The second kappa shape index (κ2) is 6.00. The Hall–Kier alpha value is -1.96. The lowest BCUT2D eigenvalue weighted by Gasteiger charge is -2.13. The molecule has 1 aromatic rings. The van der Waals surface area contributed by atoms with Crippen molar-refractivity contribution >= 4 is 21.7 Å². The van der Waals surface area contributed by atoms with E-state index in [4.69, 9.17) is 5.11 Å². The van der Waals surface area contributed by atoms with E-state index in [1.54, 1.807) is 0 Å². The van der Waals surface area contributed by atoms with Crippen molar-refractivity contribution in [1.29, 1.82) is 0 Å². The molecule has 2 N–H and O–H groups in total. The molecule has 8 heteroatoms. The summed E-state index contributed by atoms with van der Waals surface area (Å²) in [5.41, 5.74) is -0.612. The largest absolute Gasteiger partial charge is 0.478 e. The Bertz CT molecular complexity index is 641. The molecule has 0 heterocycles. The number of benzene rings is 1. The van der Waals surface area contributed by atoms with Gasteiger partial charge in [0, 0.05) is 12.3 Å². The Morgan fingerprint density at radius 3 is 2.45 bits per heavy atom. The van der Waals surface area contributed by atoms with Crippen molar-refractivity contribution in [2.45, 2.75) is 13.0 Å². The summed E-state index contributed by atoms with van der Waals surface area (Å²) < 4.78 is 35.7. The van der Waals surface area contributed by atoms with E-state index in [1.807, 2.05) is 0 Å². The highest BCUT2D eigenvalue weighted by atomic mass is 32.2. The van der Waals surface area contributed by atoms with Crippen molar-refractivity contribution < 1.29 is 27.5 Å². The van der Waals surface area contributed by atoms with Crippen molar-refractivity contribution in [2.75, 3.05) is 12.0 Å². The molecule has 1 amide bonds. The Morgan fingerprint density at radius 2 is 2.00 bits per heavy atom. The van der Waals surface area contributed by atoms with Crippen LogP contribution in [-0.4, -0.2) is 43.5 Å². The zero-order valence-electron chi connectivity index (χ0n) is 10.9. The van der Waals surface area contributed by atoms with Crippen LogP contribution in [0.5, 0.6) is 0 Å². The molecule has 6 nitrogen and oxygen atoms in total. The van der Waals surface area contributed by atoms with Crippen LogP contribution in [0.15, 0.2) is 18.2 Å². The summed E-state index contributed by atoms with van der Waals surface area (Å²) in [5.74, 6) is -3.35. The van der Waals surface area contributed by atoms with Gasteiger partial charge in [-0.1, -0.05) is 0 Å². The molecule has 1 atom stereocenters. The van der Waals surface area contributed by atoms with Crippen LogP contribution in [-0.2, 0) is 9.84 Å². The van der Waals surface area contributed by atoms with Crippen LogP contribution < -0.4 is 5.32 Å². The maximum atomic E-state index is 13.6. The highest BCUT2D eigenvalue weighted by Gasteiger charge is 2.18. The lowest BCUT2D eigenvalue weighted by molar-refractivity contribution is 0.0695. The molecule has 0 bridgehead atoms. The van der Waals surface area contributed by atoms with Crippen LogP contribution in [0.25, 0.3) is 0 Å². The standard InChI is InChI=1S/C12H14FNO5S/c1-7(6-20(2,18)19)14-11(15)9-4-3-8(12(16)17)5-10(9)13/h3-5,7H,6H2,1-2H3,(H,14,15)(H,16,17). The maximum Gasteiger partial charge on any atom is 0.335 e. The summed E-state index contributed by atoms with van der Waals surface area (Å²) in [7, 11) is -3.27. The van der Waals surface area contributed by atoms with Gasteiger partial charge in [0.2, 0.25) is 0 Å². The average molecular weight is 303 g/mol. The topological polar surface area (TPSA) is 101 Å². The van der Waals surface area contributed by atoms with Gasteiger partial charge in [-0.15, -0.1) is 0 Å². The molecule has 0 aliphatic carbocycles. The molecule has 1 unspecified atom stereocenters. The molecular formula is C12H14FNO5S. The Kier molecular flexibility index (Phi) is 4.83. The lowest BCUT2D eigenvalue weighted by Crippen LogP contribution is -2.37. The van der Waals surface area contributed by atoms with E-state index in [1.165, 1.54) is 6.92 Å². The predicted octanol–water partition coefficient (Wildman–Crippen LogP) is 0.687. The predicted molar refractivity (Wildman–Crippen MR) is 70.0 cm³/mol. The molecule has 0 fully saturated rings. The maximum absolute atomic E-state index is 13.6. The Morgan fingerprint density at radius 1 is 1.40 bits per heavy atom. The van der Waals surface area contributed by atoms with Gasteiger partial charge in [-0.3, -0.25) is 4.79 Å². The van der Waals surface area contributed by atoms with Crippen LogP contribution in [0.1, 0.15) is 27.6 Å². The number of carboxylic acids is 1. The molecule has 0 aliphatic rings. The number of hydrogen-bond acceptors (Lipinski definition) is 4. The van der Waals surface area contributed by atoms with Gasteiger partial charge in [-0.25, -0.2) is 17.6 Å². The molecule has 0 spiro atoms. The molecule has 20 heavy (non-hydrogen) atoms. The van der Waals surface area contributed by atoms with Crippen molar-refractivity contribution in [1.82, 2.24) is 5.32 Å². The molecule has 0 radical (unpaired) electrons.